The van der Waals surface area contributed by atoms with Crippen molar-refractivity contribution in [3.05, 3.63) is 53.4 Å². The van der Waals surface area contributed by atoms with Crippen molar-refractivity contribution in [3.8, 4) is 16.4 Å². The molecule has 1 saturated heterocycles. The fourth-order valence-corrected chi connectivity index (χ4v) is 4.31. The van der Waals surface area contributed by atoms with E-state index in [2.05, 4.69) is 15.4 Å². The molecular weight excluding hydrogens is 417 g/mol. The van der Waals surface area contributed by atoms with Crippen LogP contribution in [0.2, 0.25) is 0 Å². The summed E-state index contributed by atoms with van der Waals surface area (Å²) in [6, 6.07) is 9.73. The molecule has 9 heteroatoms. The first kappa shape index (κ1) is 21.2. The van der Waals surface area contributed by atoms with Gasteiger partial charge in [-0.15, -0.1) is 16.4 Å². The smallest absolute Gasteiger partial charge is 0.293 e. The highest BCUT2D eigenvalue weighted by molar-refractivity contribution is 7.13. The van der Waals surface area contributed by atoms with Crippen LogP contribution < -0.4 is 5.32 Å². The molecule has 1 aliphatic rings. The molecule has 7 nitrogen and oxygen atoms in total. The SMILES string of the molecule is CCCNC(=O)C1CCN(C(=O)c2nc(-c3cccs3)n(-c3ccc(F)cc3)n2)CC1. The van der Waals surface area contributed by atoms with Gasteiger partial charge < -0.3 is 10.2 Å². The molecule has 1 aliphatic heterocycles. The summed E-state index contributed by atoms with van der Waals surface area (Å²) in [4.78, 5) is 32.4. The minimum absolute atomic E-state index is 0.0626. The van der Waals surface area contributed by atoms with Gasteiger partial charge in [-0.1, -0.05) is 13.0 Å². The number of likely N-dealkylation sites (tertiary alicyclic amines) is 1. The molecule has 31 heavy (non-hydrogen) atoms. The van der Waals surface area contributed by atoms with E-state index in [0.717, 1.165) is 11.3 Å². The first-order chi connectivity index (χ1) is 15.1. The molecule has 0 atom stereocenters. The van der Waals surface area contributed by atoms with Crippen LogP contribution >= 0.6 is 11.3 Å². The van der Waals surface area contributed by atoms with E-state index in [1.54, 1.807) is 21.7 Å². The zero-order valence-corrected chi connectivity index (χ0v) is 18.1. The molecule has 1 aromatic carbocycles. The summed E-state index contributed by atoms with van der Waals surface area (Å²) in [5.41, 5.74) is 0.627. The molecule has 0 radical (unpaired) electrons. The minimum Gasteiger partial charge on any atom is -0.356 e. The number of benzene rings is 1. The molecule has 2 aromatic heterocycles. The van der Waals surface area contributed by atoms with E-state index in [4.69, 9.17) is 0 Å². The van der Waals surface area contributed by atoms with E-state index in [1.807, 2.05) is 24.4 Å². The van der Waals surface area contributed by atoms with Crippen molar-refractivity contribution in [2.75, 3.05) is 19.6 Å². The third kappa shape index (κ3) is 4.66. The zero-order valence-electron chi connectivity index (χ0n) is 17.3. The van der Waals surface area contributed by atoms with Gasteiger partial charge in [-0.2, -0.15) is 0 Å². The molecule has 0 spiro atoms. The Hall–Kier alpha value is -3.07. The van der Waals surface area contributed by atoms with Crippen molar-refractivity contribution in [2.45, 2.75) is 26.2 Å². The van der Waals surface area contributed by atoms with E-state index in [-0.39, 0.29) is 29.4 Å². The summed E-state index contributed by atoms with van der Waals surface area (Å²) in [6.07, 6.45) is 2.15. The number of amides is 2. The number of thiophene rings is 1. The highest BCUT2D eigenvalue weighted by Gasteiger charge is 2.30. The van der Waals surface area contributed by atoms with E-state index >= 15 is 0 Å². The predicted molar refractivity (Wildman–Crippen MR) is 117 cm³/mol. The lowest BCUT2D eigenvalue weighted by atomic mass is 9.96. The highest BCUT2D eigenvalue weighted by atomic mass is 32.1. The van der Waals surface area contributed by atoms with Gasteiger partial charge in [-0.25, -0.2) is 14.1 Å². The standard InChI is InChI=1S/C22H24FN5O2S/c1-2-11-24-21(29)15-9-12-27(13-10-15)22(30)19-25-20(18-4-3-14-31-18)28(26-19)17-7-5-16(23)6-8-17/h3-8,14-15H,2,9-13H2,1H3,(H,24,29). The van der Waals surface area contributed by atoms with Crippen LogP contribution in [0, 0.1) is 11.7 Å². The van der Waals surface area contributed by atoms with Gasteiger partial charge in [0, 0.05) is 25.6 Å². The van der Waals surface area contributed by atoms with E-state index in [9.17, 15) is 14.0 Å². The average molecular weight is 442 g/mol. The van der Waals surface area contributed by atoms with Crippen molar-refractivity contribution in [3.63, 3.8) is 0 Å². The van der Waals surface area contributed by atoms with Crippen LogP contribution in [-0.2, 0) is 4.79 Å². The number of nitrogens with one attached hydrogen (secondary N) is 1. The molecule has 3 heterocycles. The lowest BCUT2D eigenvalue weighted by Crippen LogP contribution is -2.43. The molecule has 1 N–H and O–H groups in total. The lowest BCUT2D eigenvalue weighted by Gasteiger charge is -2.30. The Bertz CT molecular complexity index is 1040. The van der Waals surface area contributed by atoms with E-state index in [0.29, 0.717) is 44.0 Å². The van der Waals surface area contributed by atoms with Crippen molar-refractivity contribution >= 4 is 23.2 Å². The number of piperidine rings is 1. The number of carbonyl (C=O) groups is 2. The Kier molecular flexibility index (Phi) is 6.41. The van der Waals surface area contributed by atoms with Gasteiger partial charge >= 0.3 is 0 Å². The normalized spacial score (nSPS) is 14.6. The molecule has 4 rings (SSSR count). The Morgan fingerprint density at radius 1 is 1.19 bits per heavy atom. The van der Waals surface area contributed by atoms with Crippen molar-refractivity contribution in [1.29, 1.82) is 0 Å². The molecule has 2 amide bonds. The van der Waals surface area contributed by atoms with Gasteiger partial charge in [0.2, 0.25) is 11.7 Å². The summed E-state index contributed by atoms with van der Waals surface area (Å²) in [5, 5.41) is 9.31. The summed E-state index contributed by atoms with van der Waals surface area (Å²) in [6.45, 7) is 3.67. The summed E-state index contributed by atoms with van der Waals surface area (Å²) < 4.78 is 15.0. The zero-order chi connectivity index (χ0) is 21.8. The summed E-state index contributed by atoms with van der Waals surface area (Å²) in [7, 11) is 0. The van der Waals surface area contributed by atoms with Crippen LogP contribution in [0.4, 0.5) is 4.39 Å². The average Bonchev–Trinajstić information content (AvgIpc) is 3.47. The number of halogens is 1. The van der Waals surface area contributed by atoms with Crippen molar-refractivity contribution < 1.29 is 14.0 Å². The molecular formula is C22H24FN5O2S. The molecule has 162 valence electrons. The number of hydrogen-bond acceptors (Lipinski definition) is 5. The van der Waals surface area contributed by atoms with E-state index < -0.39 is 0 Å². The van der Waals surface area contributed by atoms with Gasteiger partial charge in [0.25, 0.3) is 5.91 Å². The Balaban J connectivity index is 1.53. The van der Waals surface area contributed by atoms with Crippen LogP contribution in [0.5, 0.6) is 0 Å². The second kappa shape index (κ2) is 9.38. The molecule has 0 saturated carbocycles. The first-order valence-electron chi connectivity index (χ1n) is 10.4. The van der Waals surface area contributed by atoms with E-state index in [1.165, 1.54) is 23.5 Å². The maximum absolute atomic E-state index is 13.4. The maximum atomic E-state index is 13.4. The number of nitrogens with zero attached hydrogens (tertiary/aromatic N) is 4. The second-order valence-corrected chi connectivity index (χ2v) is 8.43. The lowest BCUT2D eigenvalue weighted by molar-refractivity contribution is -0.126. The number of hydrogen-bond donors (Lipinski definition) is 1. The Morgan fingerprint density at radius 2 is 1.94 bits per heavy atom. The van der Waals surface area contributed by atoms with Gasteiger partial charge in [0.15, 0.2) is 5.82 Å². The predicted octanol–water partition coefficient (Wildman–Crippen LogP) is 3.51. The van der Waals surface area contributed by atoms with Crippen molar-refractivity contribution in [1.82, 2.24) is 25.0 Å². The van der Waals surface area contributed by atoms with Gasteiger partial charge in [-0.3, -0.25) is 9.59 Å². The fourth-order valence-electron chi connectivity index (χ4n) is 3.61. The van der Waals surface area contributed by atoms with Crippen molar-refractivity contribution in [2.24, 2.45) is 5.92 Å². The molecule has 1 fully saturated rings. The van der Waals surface area contributed by atoms with Crippen LogP contribution in [0.25, 0.3) is 16.4 Å². The fraction of sp³-hybridized carbons (Fsp3) is 0.364. The number of rotatable bonds is 6. The molecule has 0 aliphatic carbocycles. The van der Waals surface area contributed by atoms with Gasteiger partial charge in [0.1, 0.15) is 5.82 Å². The minimum atomic E-state index is -0.344. The maximum Gasteiger partial charge on any atom is 0.293 e. The summed E-state index contributed by atoms with van der Waals surface area (Å²) >= 11 is 1.49. The van der Waals surface area contributed by atoms with Gasteiger partial charge in [-0.05, 0) is 55.0 Å². The monoisotopic (exact) mass is 441 g/mol. The quantitative estimate of drug-likeness (QED) is 0.635. The second-order valence-electron chi connectivity index (χ2n) is 7.48. The number of aromatic nitrogens is 3. The largest absolute Gasteiger partial charge is 0.356 e. The summed E-state index contributed by atoms with van der Waals surface area (Å²) in [5.74, 6) is 0.0322. The highest BCUT2D eigenvalue weighted by Crippen LogP contribution is 2.26. The van der Waals surface area contributed by atoms with Crippen LogP contribution in [0.15, 0.2) is 41.8 Å². The number of carbonyl (C=O) groups excluding carboxylic acids is 2. The van der Waals surface area contributed by atoms with Crippen LogP contribution in [-0.4, -0.2) is 51.1 Å². The third-order valence-electron chi connectivity index (χ3n) is 5.31. The molecule has 0 bridgehead atoms. The van der Waals surface area contributed by atoms with Crippen LogP contribution in [0.1, 0.15) is 36.8 Å². The Labute approximate surface area is 183 Å². The first-order valence-corrected chi connectivity index (χ1v) is 11.3. The topological polar surface area (TPSA) is 80.1 Å². The van der Waals surface area contributed by atoms with Crippen LogP contribution in [0.3, 0.4) is 0 Å². The Morgan fingerprint density at radius 3 is 2.58 bits per heavy atom. The van der Waals surface area contributed by atoms with Gasteiger partial charge in [0.05, 0.1) is 10.6 Å². The molecule has 3 aromatic rings. The third-order valence-corrected chi connectivity index (χ3v) is 6.18. The molecule has 0 unspecified atom stereocenters.